The quantitative estimate of drug-likeness (QED) is 0.874. The minimum Gasteiger partial charge on any atom is -0.322 e. The lowest BCUT2D eigenvalue weighted by atomic mass is 10.1. The molecule has 0 aliphatic carbocycles. The number of nitrogens with one attached hydrogen (secondary N) is 1. The molecule has 0 unspecified atom stereocenters. The molecule has 2 rings (SSSR count). The van der Waals surface area contributed by atoms with Crippen LogP contribution in [0.2, 0.25) is 0 Å². The fourth-order valence-corrected chi connectivity index (χ4v) is 2.74. The van der Waals surface area contributed by atoms with Gasteiger partial charge in [0.05, 0.1) is 4.90 Å². The average molecular weight is 331 g/mol. The van der Waals surface area contributed by atoms with E-state index in [4.69, 9.17) is 0 Å². The molecule has 23 heavy (non-hydrogen) atoms. The van der Waals surface area contributed by atoms with Gasteiger partial charge >= 0.3 is 0 Å². The number of carbonyl (C=O) groups is 2. The molecule has 1 amide bonds. The highest BCUT2D eigenvalue weighted by atomic mass is 32.2. The summed E-state index contributed by atoms with van der Waals surface area (Å²) in [5.41, 5.74) is 1.91. The van der Waals surface area contributed by atoms with Crippen molar-refractivity contribution >= 4 is 27.2 Å². The Morgan fingerprint density at radius 2 is 1.74 bits per heavy atom. The highest BCUT2D eigenvalue weighted by molar-refractivity contribution is 7.90. The van der Waals surface area contributed by atoms with E-state index < -0.39 is 15.7 Å². The maximum atomic E-state index is 12.4. The molecule has 2 aromatic rings. The molecule has 0 spiro atoms. The normalized spacial score (nSPS) is 11.1. The smallest absolute Gasteiger partial charge is 0.255 e. The largest absolute Gasteiger partial charge is 0.322 e. The van der Waals surface area contributed by atoms with Gasteiger partial charge in [0.1, 0.15) is 0 Å². The first-order valence-corrected chi connectivity index (χ1v) is 8.80. The molecule has 0 bridgehead atoms. The lowest BCUT2D eigenvalue weighted by molar-refractivity contribution is 0.101. The number of sulfone groups is 1. The van der Waals surface area contributed by atoms with Crippen LogP contribution in [0.3, 0.4) is 0 Å². The zero-order chi connectivity index (χ0) is 17.2. The van der Waals surface area contributed by atoms with Crippen LogP contribution in [0, 0.1) is 6.92 Å². The highest BCUT2D eigenvalue weighted by Crippen LogP contribution is 2.18. The number of anilines is 1. The molecular weight excluding hydrogens is 314 g/mol. The van der Waals surface area contributed by atoms with Gasteiger partial charge in [0.2, 0.25) is 0 Å². The molecule has 0 heterocycles. The average Bonchev–Trinajstić information content (AvgIpc) is 2.46. The molecule has 0 aromatic heterocycles. The van der Waals surface area contributed by atoms with Crippen molar-refractivity contribution < 1.29 is 18.0 Å². The molecule has 6 heteroatoms. The monoisotopic (exact) mass is 331 g/mol. The van der Waals surface area contributed by atoms with Crippen LogP contribution in [-0.2, 0) is 9.84 Å². The van der Waals surface area contributed by atoms with E-state index in [1.165, 1.54) is 19.1 Å². The van der Waals surface area contributed by atoms with Gasteiger partial charge in [-0.25, -0.2) is 8.42 Å². The Morgan fingerprint density at radius 1 is 1.04 bits per heavy atom. The number of hydrogen-bond acceptors (Lipinski definition) is 4. The Balaban J connectivity index is 2.34. The number of aryl methyl sites for hydroxylation is 1. The van der Waals surface area contributed by atoms with E-state index >= 15 is 0 Å². The minimum atomic E-state index is -3.39. The fraction of sp³-hybridized carbons (Fsp3) is 0.176. The first-order valence-electron chi connectivity index (χ1n) is 6.91. The summed E-state index contributed by atoms with van der Waals surface area (Å²) < 4.78 is 23.3. The van der Waals surface area contributed by atoms with Crippen LogP contribution in [0.15, 0.2) is 47.4 Å². The second-order valence-electron chi connectivity index (χ2n) is 5.34. The molecule has 0 saturated heterocycles. The molecule has 1 N–H and O–H groups in total. The van der Waals surface area contributed by atoms with Gasteiger partial charge in [0.25, 0.3) is 5.91 Å². The van der Waals surface area contributed by atoms with E-state index in [9.17, 15) is 18.0 Å². The molecule has 0 aliphatic rings. The minimum absolute atomic E-state index is 0.0886. The second-order valence-corrected chi connectivity index (χ2v) is 7.36. The number of hydrogen-bond donors (Lipinski definition) is 1. The van der Waals surface area contributed by atoms with Crippen molar-refractivity contribution in [3.63, 3.8) is 0 Å². The third kappa shape index (κ3) is 4.04. The van der Waals surface area contributed by atoms with Crippen molar-refractivity contribution in [2.24, 2.45) is 0 Å². The Bertz CT molecular complexity index is 885. The molecule has 5 nitrogen and oxygen atoms in total. The first-order chi connectivity index (χ1) is 10.7. The predicted molar refractivity (Wildman–Crippen MR) is 88.7 cm³/mol. The summed E-state index contributed by atoms with van der Waals surface area (Å²) in [7, 11) is -3.39. The summed E-state index contributed by atoms with van der Waals surface area (Å²) >= 11 is 0. The van der Waals surface area contributed by atoms with Crippen molar-refractivity contribution in [1.29, 1.82) is 0 Å². The number of carbonyl (C=O) groups excluding carboxylic acids is 2. The number of amides is 1. The number of ketones is 1. The van der Waals surface area contributed by atoms with E-state index in [2.05, 4.69) is 5.32 Å². The molecule has 0 radical (unpaired) electrons. The summed E-state index contributed by atoms with van der Waals surface area (Å²) in [4.78, 5) is 23.9. The van der Waals surface area contributed by atoms with Crippen molar-refractivity contribution in [2.45, 2.75) is 18.7 Å². The van der Waals surface area contributed by atoms with E-state index in [0.717, 1.165) is 6.26 Å². The lowest BCUT2D eigenvalue weighted by Crippen LogP contribution is -2.14. The van der Waals surface area contributed by atoms with Crippen molar-refractivity contribution in [2.75, 3.05) is 11.6 Å². The number of Topliss-reactive ketones (excluding diaryl/α,β-unsaturated/α-hetero) is 1. The zero-order valence-corrected chi connectivity index (χ0v) is 13.9. The standard InChI is InChI=1S/C17H17NO4S/c1-11-7-8-15(23(3,21)22)10-16(11)17(20)18-14-6-4-5-13(9-14)12(2)19/h4-10H,1-3H3,(H,18,20). The Morgan fingerprint density at radius 3 is 2.35 bits per heavy atom. The Hall–Kier alpha value is -2.47. The van der Waals surface area contributed by atoms with Crippen LogP contribution in [-0.4, -0.2) is 26.4 Å². The fourth-order valence-electron chi connectivity index (χ4n) is 2.09. The van der Waals surface area contributed by atoms with Gasteiger partial charge in [0.15, 0.2) is 15.6 Å². The maximum absolute atomic E-state index is 12.4. The lowest BCUT2D eigenvalue weighted by Gasteiger charge is -2.10. The molecule has 0 atom stereocenters. The Labute approximate surface area is 135 Å². The van der Waals surface area contributed by atoms with Crippen LogP contribution in [0.4, 0.5) is 5.69 Å². The van der Waals surface area contributed by atoms with Crippen LogP contribution in [0.1, 0.15) is 33.2 Å². The molecule has 0 aliphatic heterocycles. The van der Waals surface area contributed by atoms with E-state index in [-0.39, 0.29) is 16.2 Å². The van der Waals surface area contributed by atoms with Gasteiger partial charge < -0.3 is 5.32 Å². The van der Waals surface area contributed by atoms with Gasteiger partial charge in [-0.15, -0.1) is 0 Å². The predicted octanol–water partition coefficient (Wildman–Crippen LogP) is 2.85. The third-order valence-corrected chi connectivity index (χ3v) is 4.52. The molecular formula is C17H17NO4S. The topological polar surface area (TPSA) is 80.3 Å². The van der Waals surface area contributed by atoms with Crippen LogP contribution in [0.5, 0.6) is 0 Å². The molecule has 0 fully saturated rings. The maximum Gasteiger partial charge on any atom is 0.255 e. The van der Waals surface area contributed by atoms with E-state index in [0.29, 0.717) is 16.8 Å². The van der Waals surface area contributed by atoms with Crippen LogP contribution < -0.4 is 5.32 Å². The molecule has 120 valence electrons. The summed E-state index contributed by atoms with van der Waals surface area (Å²) in [6.07, 6.45) is 1.09. The molecule has 2 aromatic carbocycles. The van der Waals surface area contributed by atoms with Crippen molar-refractivity contribution in [3.05, 3.63) is 59.2 Å². The van der Waals surface area contributed by atoms with Gasteiger partial charge in [-0.1, -0.05) is 18.2 Å². The number of benzene rings is 2. The van der Waals surface area contributed by atoms with E-state index in [1.54, 1.807) is 37.3 Å². The Kier molecular flexibility index (Phi) is 4.65. The van der Waals surface area contributed by atoms with E-state index in [1.807, 2.05) is 0 Å². The van der Waals surface area contributed by atoms with Gasteiger partial charge in [-0.2, -0.15) is 0 Å². The zero-order valence-electron chi connectivity index (χ0n) is 13.1. The summed E-state index contributed by atoms with van der Waals surface area (Å²) in [6, 6.07) is 11.0. The first kappa shape index (κ1) is 16.9. The number of rotatable bonds is 4. The van der Waals surface area contributed by atoms with Gasteiger partial charge in [-0.05, 0) is 43.7 Å². The van der Waals surface area contributed by atoms with Crippen molar-refractivity contribution in [3.8, 4) is 0 Å². The van der Waals surface area contributed by atoms with Crippen molar-refractivity contribution in [1.82, 2.24) is 0 Å². The summed E-state index contributed by atoms with van der Waals surface area (Å²) in [6.45, 7) is 3.17. The summed E-state index contributed by atoms with van der Waals surface area (Å²) in [5.74, 6) is -0.523. The van der Waals surface area contributed by atoms with Crippen LogP contribution in [0.25, 0.3) is 0 Å². The molecule has 0 saturated carbocycles. The second kappa shape index (κ2) is 6.34. The third-order valence-electron chi connectivity index (χ3n) is 3.41. The van der Waals surface area contributed by atoms with Gasteiger partial charge in [-0.3, -0.25) is 9.59 Å². The SMILES string of the molecule is CC(=O)c1cccc(NC(=O)c2cc(S(C)(=O)=O)ccc2C)c1. The van der Waals surface area contributed by atoms with Gasteiger partial charge in [0, 0.05) is 23.1 Å². The van der Waals surface area contributed by atoms with Crippen LogP contribution >= 0.6 is 0 Å². The highest BCUT2D eigenvalue weighted by Gasteiger charge is 2.15. The summed E-state index contributed by atoms with van der Waals surface area (Å²) in [5, 5.41) is 2.69.